The number of furan rings is 1. The zero-order valence-electron chi connectivity index (χ0n) is 11.9. The van der Waals surface area contributed by atoms with E-state index in [0.717, 1.165) is 39.0 Å². The lowest BCUT2D eigenvalue weighted by atomic mass is 9.99. The average Bonchev–Trinajstić information content (AvgIpc) is 2.76. The highest BCUT2D eigenvalue weighted by atomic mass is 16.3. The highest BCUT2D eigenvalue weighted by molar-refractivity contribution is 5.95. The van der Waals surface area contributed by atoms with Gasteiger partial charge in [-0.15, -0.1) is 0 Å². The molecule has 0 aliphatic rings. The third-order valence-electron chi connectivity index (χ3n) is 3.72. The van der Waals surface area contributed by atoms with Crippen molar-refractivity contribution in [3.8, 4) is 11.3 Å². The van der Waals surface area contributed by atoms with Crippen molar-refractivity contribution >= 4 is 16.8 Å². The number of fused-ring (bicyclic) bond motifs is 1. The predicted molar refractivity (Wildman–Crippen MR) is 81.1 cm³/mol. The van der Waals surface area contributed by atoms with Gasteiger partial charge in [-0.3, -0.25) is 4.79 Å². The second-order valence-electron chi connectivity index (χ2n) is 5.14. The second kappa shape index (κ2) is 4.64. The number of hydrogen-bond donors (Lipinski definition) is 0. The minimum atomic E-state index is 0.0842. The normalized spacial score (nSPS) is 10.9. The summed E-state index contributed by atoms with van der Waals surface area (Å²) >= 11 is 0. The molecule has 3 rings (SSSR count). The van der Waals surface area contributed by atoms with E-state index < -0.39 is 0 Å². The van der Waals surface area contributed by atoms with Crippen LogP contribution in [0.15, 0.2) is 46.9 Å². The molecule has 0 atom stereocenters. The Kier molecular flexibility index (Phi) is 2.94. The molecule has 2 nitrogen and oxygen atoms in total. The zero-order chi connectivity index (χ0) is 14.3. The lowest BCUT2D eigenvalue weighted by Gasteiger charge is -2.05. The van der Waals surface area contributed by atoms with Crippen LogP contribution in [0.3, 0.4) is 0 Å². The fraction of sp³-hybridized carbons (Fsp3) is 0.167. The molecule has 1 heterocycles. The van der Waals surface area contributed by atoms with Gasteiger partial charge in [-0.2, -0.15) is 0 Å². The molecule has 0 unspecified atom stereocenters. The molecular formula is C18H16O2. The van der Waals surface area contributed by atoms with Crippen LogP contribution in [0.5, 0.6) is 0 Å². The van der Waals surface area contributed by atoms with Gasteiger partial charge in [0.1, 0.15) is 11.3 Å². The molecular weight excluding hydrogens is 248 g/mol. The Morgan fingerprint density at radius 1 is 1.05 bits per heavy atom. The van der Waals surface area contributed by atoms with Crippen molar-refractivity contribution in [3.63, 3.8) is 0 Å². The van der Waals surface area contributed by atoms with Crippen LogP contribution in [0, 0.1) is 13.8 Å². The van der Waals surface area contributed by atoms with Gasteiger partial charge >= 0.3 is 0 Å². The Balaban J connectivity index is 2.20. The molecule has 0 aliphatic heterocycles. The van der Waals surface area contributed by atoms with Crippen LogP contribution in [-0.2, 0) is 0 Å². The van der Waals surface area contributed by atoms with Crippen LogP contribution in [0.1, 0.15) is 28.4 Å². The van der Waals surface area contributed by atoms with Gasteiger partial charge in [0, 0.05) is 22.1 Å². The van der Waals surface area contributed by atoms with Crippen molar-refractivity contribution in [1.29, 1.82) is 0 Å². The molecule has 0 bridgehead atoms. The first-order valence-electron chi connectivity index (χ1n) is 6.68. The lowest BCUT2D eigenvalue weighted by Crippen LogP contribution is -1.93. The Hall–Kier alpha value is -2.35. The van der Waals surface area contributed by atoms with E-state index in [2.05, 4.69) is 13.0 Å². The minimum Gasteiger partial charge on any atom is -0.456 e. The monoisotopic (exact) mass is 264 g/mol. The SMILES string of the molecule is CC(=O)c1ccc(-c2oc3ccccc3c2C)c(C)c1. The van der Waals surface area contributed by atoms with Gasteiger partial charge in [-0.05, 0) is 38.5 Å². The minimum absolute atomic E-state index is 0.0842. The first-order valence-corrected chi connectivity index (χ1v) is 6.68. The standard InChI is InChI=1S/C18H16O2/c1-11-10-14(13(3)19)8-9-15(11)18-12(2)16-6-4-5-7-17(16)20-18/h4-10H,1-3H3. The summed E-state index contributed by atoms with van der Waals surface area (Å²) in [6, 6.07) is 13.8. The van der Waals surface area contributed by atoms with E-state index in [1.54, 1.807) is 6.92 Å². The van der Waals surface area contributed by atoms with E-state index in [1.165, 1.54) is 0 Å². The highest BCUT2D eigenvalue weighted by Gasteiger charge is 2.14. The number of rotatable bonds is 2. The number of carbonyl (C=O) groups excluding carboxylic acids is 1. The molecule has 0 amide bonds. The molecule has 0 aliphatic carbocycles. The Labute approximate surface area is 118 Å². The molecule has 100 valence electrons. The van der Waals surface area contributed by atoms with Crippen molar-refractivity contribution in [2.24, 2.45) is 0 Å². The summed E-state index contributed by atoms with van der Waals surface area (Å²) in [7, 11) is 0. The van der Waals surface area contributed by atoms with Crippen molar-refractivity contribution in [2.45, 2.75) is 20.8 Å². The first-order chi connectivity index (χ1) is 9.58. The van der Waals surface area contributed by atoms with Gasteiger partial charge in [-0.1, -0.05) is 30.3 Å². The summed E-state index contributed by atoms with van der Waals surface area (Å²) in [5.41, 5.74) is 4.87. The number of carbonyl (C=O) groups is 1. The maximum absolute atomic E-state index is 11.4. The highest BCUT2D eigenvalue weighted by Crippen LogP contribution is 2.34. The number of ketones is 1. The van der Waals surface area contributed by atoms with Gasteiger partial charge in [0.05, 0.1) is 0 Å². The van der Waals surface area contributed by atoms with E-state index in [-0.39, 0.29) is 5.78 Å². The van der Waals surface area contributed by atoms with Gasteiger partial charge < -0.3 is 4.42 Å². The molecule has 0 N–H and O–H groups in total. The Morgan fingerprint density at radius 3 is 2.45 bits per heavy atom. The van der Waals surface area contributed by atoms with Gasteiger partial charge in [0.25, 0.3) is 0 Å². The smallest absolute Gasteiger partial charge is 0.159 e. The Bertz CT molecular complexity index is 809. The summed E-state index contributed by atoms with van der Waals surface area (Å²) < 4.78 is 5.98. The van der Waals surface area contributed by atoms with Crippen LogP contribution in [0.2, 0.25) is 0 Å². The molecule has 0 spiro atoms. The van der Waals surface area contributed by atoms with Crippen molar-refractivity contribution in [3.05, 3.63) is 59.2 Å². The van der Waals surface area contributed by atoms with E-state index in [9.17, 15) is 4.79 Å². The topological polar surface area (TPSA) is 30.2 Å². The van der Waals surface area contributed by atoms with Crippen LogP contribution < -0.4 is 0 Å². The zero-order valence-corrected chi connectivity index (χ0v) is 11.9. The summed E-state index contributed by atoms with van der Waals surface area (Å²) in [4.78, 5) is 11.4. The number of para-hydroxylation sites is 1. The van der Waals surface area contributed by atoms with Crippen LogP contribution in [0.4, 0.5) is 0 Å². The van der Waals surface area contributed by atoms with Crippen molar-refractivity contribution in [2.75, 3.05) is 0 Å². The van der Waals surface area contributed by atoms with E-state index in [4.69, 9.17) is 4.42 Å². The molecule has 0 saturated carbocycles. The fourth-order valence-corrected chi connectivity index (χ4v) is 2.57. The number of aryl methyl sites for hydroxylation is 2. The third kappa shape index (κ3) is 1.94. The van der Waals surface area contributed by atoms with E-state index in [0.29, 0.717) is 0 Å². The average molecular weight is 264 g/mol. The largest absolute Gasteiger partial charge is 0.456 e. The maximum atomic E-state index is 11.4. The molecule has 3 aromatic rings. The van der Waals surface area contributed by atoms with Crippen LogP contribution >= 0.6 is 0 Å². The molecule has 0 fully saturated rings. The van der Waals surface area contributed by atoms with Gasteiger partial charge in [0.15, 0.2) is 5.78 Å². The Morgan fingerprint density at radius 2 is 1.80 bits per heavy atom. The molecule has 20 heavy (non-hydrogen) atoms. The molecule has 0 radical (unpaired) electrons. The van der Waals surface area contributed by atoms with E-state index in [1.807, 2.05) is 43.3 Å². The van der Waals surface area contributed by atoms with E-state index >= 15 is 0 Å². The lowest BCUT2D eigenvalue weighted by molar-refractivity contribution is 0.101. The quantitative estimate of drug-likeness (QED) is 0.615. The first kappa shape index (κ1) is 12.7. The molecule has 0 saturated heterocycles. The number of hydrogen-bond acceptors (Lipinski definition) is 2. The molecule has 2 aromatic carbocycles. The van der Waals surface area contributed by atoms with Crippen LogP contribution in [0.25, 0.3) is 22.3 Å². The van der Waals surface area contributed by atoms with Gasteiger partial charge in [-0.25, -0.2) is 0 Å². The summed E-state index contributed by atoms with van der Waals surface area (Å²) in [6.07, 6.45) is 0. The predicted octanol–water partition coefficient (Wildman–Crippen LogP) is 4.92. The molecule has 1 aromatic heterocycles. The summed E-state index contributed by atoms with van der Waals surface area (Å²) in [6.45, 7) is 5.66. The molecule has 2 heteroatoms. The number of benzene rings is 2. The summed E-state index contributed by atoms with van der Waals surface area (Å²) in [5, 5.41) is 1.14. The van der Waals surface area contributed by atoms with Crippen molar-refractivity contribution < 1.29 is 9.21 Å². The summed E-state index contributed by atoms with van der Waals surface area (Å²) in [5.74, 6) is 0.972. The third-order valence-corrected chi connectivity index (χ3v) is 3.72. The second-order valence-corrected chi connectivity index (χ2v) is 5.14. The van der Waals surface area contributed by atoms with Gasteiger partial charge in [0.2, 0.25) is 0 Å². The van der Waals surface area contributed by atoms with Crippen LogP contribution in [-0.4, -0.2) is 5.78 Å². The number of Topliss-reactive ketones (excluding diaryl/α,β-unsaturated/α-hetero) is 1. The van der Waals surface area contributed by atoms with Crippen molar-refractivity contribution in [1.82, 2.24) is 0 Å². The maximum Gasteiger partial charge on any atom is 0.159 e. The fourth-order valence-electron chi connectivity index (χ4n) is 2.57.